The van der Waals surface area contributed by atoms with E-state index in [0.29, 0.717) is 32.7 Å². The molecule has 0 saturated carbocycles. The summed E-state index contributed by atoms with van der Waals surface area (Å²) in [5.41, 5.74) is 4.36. The largest absolute Gasteiger partial charge is 0.822 e. The summed E-state index contributed by atoms with van der Waals surface area (Å²) < 4.78 is 8.55. The summed E-state index contributed by atoms with van der Waals surface area (Å²) in [6, 6.07) is 31.9. The summed E-state index contributed by atoms with van der Waals surface area (Å²) in [6.07, 6.45) is 13.6. The average molecular weight is 555 g/mol. The molecule has 0 amide bonds. The summed E-state index contributed by atoms with van der Waals surface area (Å²) in [6.45, 7) is 0. The predicted molar refractivity (Wildman–Crippen MR) is 156 cm³/mol. The number of benzene rings is 3. The maximum Gasteiger partial charge on any atom is 0.132 e. The zero-order chi connectivity index (χ0) is 26.7. The van der Waals surface area contributed by atoms with Gasteiger partial charge in [0.1, 0.15) is 17.3 Å². The Hall–Kier alpha value is -1.18. The molecule has 0 atom stereocenters. The smallest absolute Gasteiger partial charge is 0.132 e. The molecule has 0 aliphatic carbocycles. The minimum atomic E-state index is -5.39. The van der Waals surface area contributed by atoms with Gasteiger partial charge in [0, 0.05) is 16.7 Å². The minimum absolute atomic E-state index is 0.533. The van der Waals surface area contributed by atoms with Crippen molar-refractivity contribution in [1.82, 2.24) is 0 Å². The van der Waals surface area contributed by atoms with Crippen LogP contribution in [-0.4, -0.2) is 37.5 Å². The highest BCUT2D eigenvalue weighted by molar-refractivity contribution is 7.95. The van der Waals surface area contributed by atoms with Crippen LogP contribution in [0.1, 0.15) is 16.7 Å². The van der Waals surface area contributed by atoms with E-state index in [1.807, 2.05) is 0 Å². The standard InChI is InChI=1S/3C9H13S.H3O4P/c3*1-10(2)8-9-6-4-3-5-7-9;1-5(2,3)4/h3*3-7H,8H2,1-2H3;(H3,1,2,3,4)/q3*+1;/p-3. The molecular weight excluding hydrogens is 515 g/mol. The Morgan fingerprint density at radius 3 is 0.800 bits per heavy atom. The van der Waals surface area contributed by atoms with Crippen LogP contribution in [0.4, 0.5) is 0 Å². The zero-order valence-corrected chi connectivity index (χ0v) is 24.9. The molecule has 0 N–H and O–H groups in total. The van der Waals surface area contributed by atoms with Gasteiger partial charge in [-0.1, -0.05) is 91.0 Å². The summed E-state index contributed by atoms with van der Waals surface area (Å²) in [5.74, 6) is 3.67. The van der Waals surface area contributed by atoms with Crippen molar-refractivity contribution in [3.8, 4) is 0 Å². The highest BCUT2D eigenvalue weighted by Crippen LogP contribution is 2.05. The molecular formula is C27H39O4PS3. The second-order valence-electron chi connectivity index (χ2n) is 8.29. The van der Waals surface area contributed by atoms with E-state index in [0.717, 1.165) is 0 Å². The molecule has 3 aromatic carbocycles. The number of hydrogen-bond donors (Lipinski definition) is 0. The van der Waals surface area contributed by atoms with Gasteiger partial charge in [0.2, 0.25) is 0 Å². The maximum atomic E-state index is 8.55. The van der Waals surface area contributed by atoms with Crippen molar-refractivity contribution in [3.05, 3.63) is 108 Å². The summed E-state index contributed by atoms with van der Waals surface area (Å²) in [5, 5.41) is 0. The second-order valence-corrected chi connectivity index (χ2v) is 16.0. The summed E-state index contributed by atoms with van der Waals surface area (Å²) >= 11 is 0. The van der Waals surface area contributed by atoms with E-state index in [1.165, 1.54) is 33.9 Å². The van der Waals surface area contributed by atoms with Crippen LogP contribution in [-0.2, 0) is 54.5 Å². The van der Waals surface area contributed by atoms with Gasteiger partial charge in [0.25, 0.3) is 0 Å². The van der Waals surface area contributed by atoms with Crippen molar-refractivity contribution < 1.29 is 19.2 Å². The molecule has 0 radical (unpaired) electrons. The van der Waals surface area contributed by atoms with E-state index in [-0.39, 0.29) is 0 Å². The topological polar surface area (TPSA) is 86.2 Å². The van der Waals surface area contributed by atoms with Gasteiger partial charge in [0.05, 0.1) is 37.5 Å². The molecule has 0 aromatic heterocycles. The predicted octanol–water partition coefficient (Wildman–Crippen LogP) is 3.37. The van der Waals surface area contributed by atoms with Crippen LogP contribution in [0.3, 0.4) is 0 Å². The molecule has 0 fully saturated rings. The Kier molecular flexibility index (Phi) is 19.3. The van der Waals surface area contributed by atoms with Crippen molar-refractivity contribution in [1.29, 1.82) is 0 Å². The number of hydrogen-bond acceptors (Lipinski definition) is 4. The monoisotopic (exact) mass is 554 g/mol. The van der Waals surface area contributed by atoms with Crippen LogP contribution in [0.25, 0.3) is 0 Å². The third-order valence-corrected chi connectivity index (χ3v) is 6.63. The quantitative estimate of drug-likeness (QED) is 0.345. The number of rotatable bonds is 6. The van der Waals surface area contributed by atoms with Crippen molar-refractivity contribution in [2.75, 3.05) is 37.5 Å². The van der Waals surface area contributed by atoms with Gasteiger partial charge in [-0.25, -0.2) is 0 Å². The molecule has 35 heavy (non-hydrogen) atoms. The lowest BCUT2D eigenvalue weighted by Crippen LogP contribution is -2.24. The van der Waals surface area contributed by atoms with Crippen molar-refractivity contribution in [3.63, 3.8) is 0 Å². The lowest BCUT2D eigenvalue weighted by atomic mass is 10.2. The van der Waals surface area contributed by atoms with Gasteiger partial charge in [-0.2, -0.15) is 7.82 Å². The molecule has 0 aliphatic rings. The van der Waals surface area contributed by atoms with Gasteiger partial charge in [0.15, 0.2) is 0 Å². The maximum absolute atomic E-state index is 8.55. The molecule has 3 aromatic rings. The SMILES string of the molecule is C[S+](C)Cc1ccccc1.C[S+](C)Cc1ccccc1.C[S+](C)Cc1ccccc1.O=P([O-])([O-])[O-]. The summed E-state index contributed by atoms with van der Waals surface area (Å²) in [7, 11) is -3.79. The van der Waals surface area contributed by atoms with Crippen LogP contribution in [0.15, 0.2) is 91.0 Å². The zero-order valence-electron chi connectivity index (χ0n) is 21.6. The van der Waals surface area contributed by atoms with Crippen molar-refractivity contribution in [2.45, 2.75) is 17.3 Å². The van der Waals surface area contributed by atoms with Gasteiger partial charge in [-0.15, -0.1) is 0 Å². The van der Waals surface area contributed by atoms with Crippen LogP contribution in [0.2, 0.25) is 0 Å². The van der Waals surface area contributed by atoms with Gasteiger partial charge in [-0.05, 0) is 32.7 Å². The van der Waals surface area contributed by atoms with E-state index in [2.05, 4.69) is 129 Å². The third kappa shape index (κ3) is 25.7. The van der Waals surface area contributed by atoms with Gasteiger partial charge >= 0.3 is 0 Å². The lowest BCUT2D eigenvalue weighted by Gasteiger charge is -2.36. The molecule has 4 nitrogen and oxygen atoms in total. The average Bonchev–Trinajstić information content (AvgIpc) is 2.74. The van der Waals surface area contributed by atoms with Gasteiger partial charge in [-0.3, -0.25) is 0 Å². The lowest BCUT2D eigenvalue weighted by molar-refractivity contribution is -0.432. The first-order valence-electron chi connectivity index (χ1n) is 10.8. The Labute approximate surface area is 221 Å². The first-order valence-corrected chi connectivity index (χ1v) is 18.9. The van der Waals surface area contributed by atoms with E-state index >= 15 is 0 Å². The Bertz CT molecular complexity index is 802. The molecule has 0 heterocycles. The Morgan fingerprint density at radius 1 is 0.486 bits per heavy atom. The number of phosphoric acid groups is 1. The fourth-order valence-electron chi connectivity index (χ4n) is 2.72. The Morgan fingerprint density at radius 2 is 0.657 bits per heavy atom. The van der Waals surface area contributed by atoms with Crippen LogP contribution >= 0.6 is 7.82 Å². The van der Waals surface area contributed by atoms with Crippen molar-refractivity contribution in [2.24, 2.45) is 0 Å². The molecule has 0 aliphatic heterocycles. The molecule has 3 rings (SSSR count). The van der Waals surface area contributed by atoms with Crippen molar-refractivity contribution >= 4 is 40.5 Å². The molecule has 0 unspecified atom stereocenters. The summed E-state index contributed by atoms with van der Waals surface area (Å²) in [4.78, 5) is 25.6. The first kappa shape index (κ1) is 33.8. The Balaban J connectivity index is 0.000000453. The van der Waals surface area contributed by atoms with E-state index in [4.69, 9.17) is 19.2 Å². The molecule has 0 bridgehead atoms. The van der Waals surface area contributed by atoms with E-state index in [1.54, 1.807) is 0 Å². The fourth-order valence-corrected chi connectivity index (χ4v) is 5.30. The third-order valence-electron chi connectivity index (χ3n) is 3.89. The minimum Gasteiger partial charge on any atom is -0.822 e. The fraction of sp³-hybridized carbons (Fsp3) is 0.333. The molecule has 0 saturated heterocycles. The van der Waals surface area contributed by atoms with E-state index < -0.39 is 7.82 Å². The van der Waals surface area contributed by atoms with Crippen LogP contribution in [0.5, 0.6) is 0 Å². The first-order chi connectivity index (χ1) is 16.4. The molecule has 8 heteroatoms. The highest BCUT2D eigenvalue weighted by atomic mass is 32.2. The second kappa shape index (κ2) is 19.9. The van der Waals surface area contributed by atoms with Crippen LogP contribution < -0.4 is 14.7 Å². The molecule has 0 spiro atoms. The van der Waals surface area contributed by atoms with E-state index in [9.17, 15) is 0 Å². The molecule has 194 valence electrons. The normalized spacial score (nSPS) is 10.5. The van der Waals surface area contributed by atoms with Gasteiger partial charge < -0.3 is 19.2 Å². The van der Waals surface area contributed by atoms with Crippen LogP contribution in [0, 0.1) is 0 Å². The highest BCUT2D eigenvalue weighted by Gasteiger charge is 2.03.